The second-order valence-corrected chi connectivity index (χ2v) is 34.2. The van der Waals surface area contributed by atoms with Crippen molar-refractivity contribution in [3.8, 4) is 74.4 Å². The number of halogens is 33. The number of Topliss-reactive ketones (excluding diaryl/α,β-unsaturated/α-hetero) is 1. The predicted octanol–water partition coefficient (Wildman–Crippen LogP) is 25.9. The number of anilines is 2. The van der Waals surface area contributed by atoms with E-state index in [0.717, 1.165) is 103 Å². The summed E-state index contributed by atoms with van der Waals surface area (Å²) in [4.78, 5) is 63.7. The highest BCUT2D eigenvalue weighted by Gasteiger charge is 2.53. The Balaban J connectivity index is -0.000000849. The van der Waals surface area contributed by atoms with Crippen LogP contribution in [0.5, 0.6) is 29.4 Å². The molecule has 8 N–H and O–H groups in total. The SMILES string of the molecule is C.C.C.C.C.C.C[C@H](Oc1ncc(B2OC(C)(C)C(C)(C)O2)cc1F)C(F)(F)F.Cc1c(-c2cnc(O[C@@H](C)C(F)(F)F)c(F)c2)ncc2nnc(C(F)(F)Br)n12.Cc1nc(Cl)cnc1-c1cnc(O[C@@H](C)C(F)(F)F)c(F)c1.Cc1nc(Cl)cnc1Br.Cc1nc(NCC(=O)C(F)(F)Br)cnc1-c1cnc(O[C@@H](C)C(F)(F)F)c(F)c1.Cc1nc(NN)cnc1-c1cnc(O[C@@H](C)C(F)(F)F)c(F)c1.N=N.O.O=C(Cl)C(F)(F)Br.[HH]. The Kier molecular flexibility index (Phi) is 56.1. The second kappa shape index (κ2) is 58.8. The number of fused-ring (bicyclic) bond motifs is 1. The highest BCUT2D eigenvalue weighted by Crippen LogP contribution is 2.41. The van der Waals surface area contributed by atoms with Crippen molar-refractivity contribution in [2.24, 2.45) is 5.84 Å². The van der Waals surface area contributed by atoms with E-state index >= 15 is 0 Å². The zero-order chi connectivity index (χ0) is 109. The largest absolute Gasteiger partial charge is 0.496 e. The average molecular weight is 2510 g/mol. The van der Waals surface area contributed by atoms with E-state index in [4.69, 9.17) is 49.4 Å². The minimum Gasteiger partial charge on any atom is -0.463 e. The van der Waals surface area contributed by atoms with Crippen molar-refractivity contribution in [1.82, 2.24) is 84.4 Å². The maximum atomic E-state index is 14.2. The number of carbonyl (C=O) groups excluding carboxylic acids is 2. The van der Waals surface area contributed by atoms with E-state index < -0.39 is 176 Å². The number of nitrogens with zero attached hydrogens (tertiary/aromatic N) is 17. The molecular weight excluding hydrogens is 2410 g/mol. The average Bonchev–Trinajstić information content (AvgIpc) is 1.62. The highest BCUT2D eigenvalue weighted by molar-refractivity contribution is 9.10. The summed E-state index contributed by atoms with van der Waals surface area (Å²) in [6.45, 7) is 18.3. The molecule has 1 aliphatic heterocycles. The summed E-state index contributed by atoms with van der Waals surface area (Å²) in [6.07, 6.45) is -22.3. The molecule has 0 saturated carbocycles. The van der Waals surface area contributed by atoms with Gasteiger partial charge in [-0.15, -0.1) is 10.2 Å². The van der Waals surface area contributed by atoms with Crippen molar-refractivity contribution in [2.45, 2.75) is 229 Å². The second-order valence-electron chi connectivity index (χ2n) is 29.4. The standard InChI is InChI=1S/C16H13BrF6N4O2.C15H10BrF6N5O.C14H18BF4NO3.C13H10ClF4N3O.C13H13F4N5O.C5H4BrClN2.C2BrClF2O.6CH4.H2N2.H2O.H2/c1-7-13(25-6-12(27-7)24-5-11(28)15(17,19)20)9-3-10(18)14(26-4-9)29-8(2)16(21,22)23;1-6-11(23-5-10-25-26-13(27(6)10)14(16,18)19)8-3-9(17)12(24-4-8)28-7(2)15(20,21)22;1-8(14(17,18)19)21-11-10(16)6-9(7-20-11)15-22-12(2,3)13(4,5)23-15;1-6-11(19-5-10(14)21-6)8-3-9(15)12(20-4-8)22-7(2)13(16,17)18;1-6-11(19-5-10(21-6)22-18)8-3-9(14)12(20-4-8)23-7(2)13(15,16)17;1-3-5(6)8-2-4(7)9-3;3-2(5,6)1(4)7;;;;;;;1-2;;/h3-4,6,8H,5H2,1-2H3,(H,24,27);3-5,7H,1-2H3;6-8H,1-5H3;3-5,7H,1-2H3;3-5,7H,18H2,1-2H3,(H,21,22);2H,1H3;;6*1H4;1-2H;1H2;1H/t8-;7-;8-;2*7-;;;;;;;;;;;/m00000.........../s1. The summed E-state index contributed by atoms with van der Waals surface area (Å²) >= 11 is 24.6. The van der Waals surface area contributed by atoms with E-state index in [1.165, 1.54) is 38.6 Å². The van der Waals surface area contributed by atoms with Crippen molar-refractivity contribution in [3.05, 3.63) is 171 Å². The number of rotatable bonds is 22. The Hall–Kier alpha value is -11.0. The fourth-order valence-electron chi connectivity index (χ4n) is 10.0. The first kappa shape index (κ1) is 143. The normalized spacial score (nSPS) is 13.4. The molecule has 0 aromatic carbocycles. The van der Waals surface area contributed by atoms with Gasteiger partial charge in [-0.2, -0.15) is 92.2 Å². The van der Waals surface area contributed by atoms with Gasteiger partial charge in [0, 0.05) is 81.8 Å². The monoisotopic (exact) mass is 2500 g/mol. The number of alkyl halides is 24. The molecule has 1 fully saturated rings. The summed E-state index contributed by atoms with van der Waals surface area (Å²) in [6, 6.07) is 4.70. The molecule has 150 heavy (non-hydrogen) atoms. The van der Waals surface area contributed by atoms with Crippen molar-refractivity contribution in [3.63, 3.8) is 0 Å². The first-order valence-corrected chi connectivity index (χ1v) is 43.1. The van der Waals surface area contributed by atoms with Gasteiger partial charge in [-0.1, -0.05) is 67.8 Å². The number of ether oxygens (including phenoxy) is 5. The minimum absolute atomic E-state index is 0. The van der Waals surface area contributed by atoms with Crippen LogP contribution in [0.25, 0.3) is 50.7 Å². The fourth-order valence-corrected chi connectivity index (χ4v) is 10.9. The number of ketones is 1. The van der Waals surface area contributed by atoms with Gasteiger partial charge in [-0.3, -0.25) is 33.9 Å². The number of hydrazine groups is 1. The van der Waals surface area contributed by atoms with E-state index in [1.54, 1.807) is 29.8 Å². The fraction of sp³-hybridized carbons (Fsp3) is 0.429. The first-order valence-electron chi connectivity index (χ1n) is 38.8. The first-order chi connectivity index (χ1) is 65.6. The maximum absolute atomic E-state index is 14.2. The van der Waals surface area contributed by atoms with Crippen LogP contribution in [0.4, 0.5) is 126 Å². The van der Waals surface area contributed by atoms with Crippen molar-refractivity contribution in [1.29, 1.82) is 11.1 Å². The lowest BCUT2D eigenvalue weighted by Crippen LogP contribution is -2.41. The quantitative estimate of drug-likeness (QED) is 0.00800. The third-order valence-electron chi connectivity index (χ3n) is 18.1. The molecule has 838 valence electrons. The Bertz CT molecular complexity index is 6220. The Morgan fingerprint density at radius 2 is 0.727 bits per heavy atom. The molecule has 11 aromatic heterocycles. The zero-order valence-electron chi connectivity index (χ0n) is 75.2. The van der Waals surface area contributed by atoms with E-state index in [0.29, 0.717) is 47.6 Å². The van der Waals surface area contributed by atoms with Crippen LogP contribution in [0.2, 0.25) is 10.3 Å². The van der Waals surface area contributed by atoms with Crippen LogP contribution in [-0.4, -0.2) is 197 Å². The molecule has 0 spiro atoms. The third kappa shape index (κ3) is 41.9. The highest BCUT2D eigenvalue weighted by atomic mass is 79.9. The smallest absolute Gasteiger partial charge is 0.463 e. The van der Waals surface area contributed by atoms with Gasteiger partial charge < -0.3 is 49.2 Å². The third-order valence-corrected chi connectivity index (χ3v) is 20.9. The van der Waals surface area contributed by atoms with Crippen LogP contribution >= 0.6 is 98.5 Å². The number of carbonyl (C=O) groups is 2. The topological polar surface area (TPSA) is 439 Å². The van der Waals surface area contributed by atoms with Crippen LogP contribution in [0, 0.1) is 74.8 Å². The van der Waals surface area contributed by atoms with Crippen LogP contribution in [0.3, 0.4) is 0 Å². The maximum Gasteiger partial charge on any atom is 0.496 e. The predicted molar refractivity (Wildman–Crippen MR) is 518 cm³/mol. The lowest BCUT2D eigenvalue weighted by atomic mass is 9.80. The molecule has 0 bridgehead atoms. The molecule has 1 aliphatic rings. The molecule has 12 heterocycles. The Morgan fingerprint density at radius 3 is 1.01 bits per heavy atom. The number of hydrogen-bond acceptors (Lipinski definition) is 30. The summed E-state index contributed by atoms with van der Waals surface area (Å²) in [5.74, 6) is -5.79. The number of hydrogen-bond donors (Lipinski definition) is 5. The molecule has 0 amide bonds. The van der Waals surface area contributed by atoms with E-state index in [1.807, 2.05) is 50.5 Å². The van der Waals surface area contributed by atoms with Gasteiger partial charge >= 0.3 is 57.7 Å². The van der Waals surface area contributed by atoms with Gasteiger partial charge in [-0.25, -0.2) is 88.7 Å². The number of aryl methyl sites for hydroxylation is 5. The molecule has 5 atom stereocenters. The molecule has 1 saturated heterocycles. The lowest BCUT2D eigenvalue weighted by molar-refractivity contribution is -0.190. The number of nitrogens with two attached hydrogens (primary N) is 1. The van der Waals surface area contributed by atoms with Gasteiger partial charge in [-0.05, 0) is 187 Å². The Labute approximate surface area is 890 Å². The van der Waals surface area contributed by atoms with Crippen LogP contribution in [0.1, 0.15) is 143 Å². The van der Waals surface area contributed by atoms with Gasteiger partial charge in [0.25, 0.3) is 29.4 Å². The molecule has 12 rings (SSSR count). The van der Waals surface area contributed by atoms with Gasteiger partial charge in [0.05, 0.1) is 94.3 Å². The van der Waals surface area contributed by atoms with Crippen molar-refractivity contribution < 1.29 is 164 Å². The van der Waals surface area contributed by atoms with E-state index in [2.05, 4.69) is 158 Å². The molecule has 0 unspecified atom stereocenters. The van der Waals surface area contributed by atoms with Gasteiger partial charge in [0.1, 0.15) is 20.7 Å². The van der Waals surface area contributed by atoms with Crippen molar-refractivity contribution >= 4 is 139 Å². The summed E-state index contributed by atoms with van der Waals surface area (Å²) in [5.41, 5.74) is 15.0. The van der Waals surface area contributed by atoms with Crippen molar-refractivity contribution in [2.75, 3.05) is 17.3 Å². The molecular formula is C84H98BBr4Cl3F26N22O10. The molecule has 0 radical (unpaired) electrons. The lowest BCUT2D eigenvalue weighted by Gasteiger charge is -2.32. The molecule has 32 nitrogen and oxygen atoms in total. The summed E-state index contributed by atoms with van der Waals surface area (Å²) < 4.78 is 368. The zero-order valence-corrected chi connectivity index (χ0v) is 83.8. The van der Waals surface area contributed by atoms with Crippen LogP contribution in [0.15, 0.2) is 96.9 Å². The molecule has 0 aliphatic carbocycles. The number of nitrogen functional groups attached to an aromatic ring is 1. The van der Waals surface area contributed by atoms with Crippen LogP contribution < -0.4 is 45.7 Å². The number of aromatic nitrogens is 17. The van der Waals surface area contributed by atoms with Gasteiger partial charge in [0.15, 0.2) is 71.1 Å². The van der Waals surface area contributed by atoms with Crippen LogP contribution in [-0.2, 0) is 23.7 Å². The summed E-state index contributed by atoms with van der Waals surface area (Å²) in [7, 11) is -0.851. The number of pyridine rings is 5. The van der Waals surface area contributed by atoms with Gasteiger partial charge in [0.2, 0.25) is 11.6 Å². The van der Waals surface area contributed by atoms with E-state index in [9.17, 15) is 124 Å². The summed E-state index contributed by atoms with van der Waals surface area (Å²) in [5, 5.41) is 8.28. The van der Waals surface area contributed by atoms with E-state index in [-0.39, 0.29) is 119 Å². The molecule has 11 aromatic rings. The minimum atomic E-state index is -4.69. The number of nitrogens with one attached hydrogen (secondary N) is 4. The Morgan fingerprint density at radius 1 is 0.440 bits per heavy atom. The molecule has 66 heteroatoms.